The van der Waals surface area contributed by atoms with Crippen LogP contribution in [0, 0.1) is 0 Å². The number of carbonyl (C=O) groups excluding carboxylic acids is 1. The lowest BCUT2D eigenvalue weighted by Gasteiger charge is -2.14. The summed E-state index contributed by atoms with van der Waals surface area (Å²) in [6, 6.07) is 6.96. The normalized spacial score (nSPS) is 11.6. The average molecular weight is 235 g/mol. The van der Waals surface area contributed by atoms with E-state index in [0.29, 0.717) is 12.3 Å². The highest BCUT2D eigenvalue weighted by Crippen LogP contribution is 2.13. The third-order valence-electron chi connectivity index (χ3n) is 2.21. The Morgan fingerprint density at radius 1 is 1.53 bits per heavy atom. The van der Waals surface area contributed by atoms with Crippen molar-refractivity contribution in [2.75, 3.05) is 6.54 Å². The van der Waals surface area contributed by atoms with Crippen LogP contribution in [0.5, 0.6) is 5.75 Å². The second kappa shape index (κ2) is 6.70. The molecule has 1 atom stereocenters. The fraction of sp³-hybridized carbons (Fsp3) is 0.308. The zero-order chi connectivity index (χ0) is 12.7. The highest BCUT2D eigenvalue weighted by molar-refractivity contribution is 5.80. The molecule has 2 N–H and O–H groups in total. The Hall–Kier alpha value is -1.81. The van der Waals surface area contributed by atoms with Gasteiger partial charge in [0.2, 0.25) is 0 Å². The summed E-state index contributed by atoms with van der Waals surface area (Å²) in [7, 11) is 0. The van der Waals surface area contributed by atoms with Crippen molar-refractivity contribution in [3.05, 3.63) is 42.5 Å². The van der Waals surface area contributed by atoms with Gasteiger partial charge < -0.3 is 15.2 Å². The van der Waals surface area contributed by atoms with Crippen LogP contribution in [-0.2, 0) is 11.4 Å². The van der Waals surface area contributed by atoms with Crippen LogP contribution in [-0.4, -0.2) is 23.7 Å². The summed E-state index contributed by atoms with van der Waals surface area (Å²) in [5.41, 5.74) is 0.807. The van der Waals surface area contributed by atoms with E-state index in [2.05, 4.69) is 11.9 Å². The van der Waals surface area contributed by atoms with Crippen LogP contribution in [0.15, 0.2) is 36.9 Å². The maximum Gasteiger partial charge on any atom is 0.261 e. The number of ether oxygens (including phenoxy) is 1. The summed E-state index contributed by atoms with van der Waals surface area (Å²) in [5.74, 6) is 0.416. The minimum atomic E-state index is -0.560. The molecule has 0 aliphatic heterocycles. The Morgan fingerprint density at radius 2 is 2.18 bits per heavy atom. The predicted octanol–water partition coefficient (Wildman–Crippen LogP) is 1.25. The van der Waals surface area contributed by atoms with E-state index >= 15 is 0 Å². The molecule has 0 saturated carbocycles. The monoisotopic (exact) mass is 235 g/mol. The Balaban J connectivity index is 2.51. The molecular formula is C13H17NO3. The maximum atomic E-state index is 11.5. The molecule has 0 spiro atoms. The predicted molar refractivity (Wildman–Crippen MR) is 65.7 cm³/mol. The number of hydrogen-bond acceptors (Lipinski definition) is 3. The second-order valence-electron chi connectivity index (χ2n) is 3.60. The third-order valence-corrected chi connectivity index (χ3v) is 2.21. The maximum absolute atomic E-state index is 11.5. The summed E-state index contributed by atoms with van der Waals surface area (Å²) in [6.45, 7) is 5.62. The molecule has 0 aliphatic carbocycles. The van der Waals surface area contributed by atoms with E-state index in [1.807, 2.05) is 0 Å². The Labute approximate surface area is 101 Å². The van der Waals surface area contributed by atoms with Crippen LogP contribution in [0.3, 0.4) is 0 Å². The molecule has 1 amide bonds. The Kier molecular flexibility index (Phi) is 5.23. The summed E-state index contributed by atoms with van der Waals surface area (Å²) in [6.07, 6.45) is 1.05. The number of carbonyl (C=O) groups is 1. The lowest BCUT2D eigenvalue weighted by atomic mass is 10.2. The van der Waals surface area contributed by atoms with Crippen molar-refractivity contribution in [2.45, 2.75) is 19.6 Å². The number of benzene rings is 1. The number of aliphatic hydroxyl groups is 1. The number of rotatable bonds is 6. The first kappa shape index (κ1) is 13.3. The van der Waals surface area contributed by atoms with Crippen molar-refractivity contribution in [1.82, 2.24) is 5.32 Å². The van der Waals surface area contributed by atoms with Crippen LogP contribution < -0.4 is 10.1 Å². The van der Waals surface area contributed by atoms with E-state index < -0.39 is 6.10 Å². The van der Waals surface area contributed by atoms with Gasteiger partial charge >= 0.3 is 0 Å². The van der Waals surface area contributed by atoms with Gasteiger partial charge in [-0.3, -0.25) is 4.79 Å². The summed E-state index contributed by atoms with van der Waals surface area (Å²) < 4.78 is 5.44. The van der Waals surface area contributed by atoms with Crippen LogP contribution in [0.25, 0.3) is 0 Å². The topological polar surface area (TPSA) is 58.6 Å². The highest BCUT2D eigenvalue weighted by Gasteiger charge is 2.13. The molecule has 0 fully saturated rings. The third kappa shape index (κ3) is 4.28. The quantitative estimate of drug-likeness (QED) is 0.729. The molecule has 17 heavy (non-hydrogen) atoms. The molecule has 0 bridgehead atoms. The van der Waals surface area contributed by atoms with E-state index in [1.165, 1.54) is 0 Å². The molecule has 92 valence electrons. The van der Waals surface area contributed by atoms with Crippen molar-refractivity contribution < 1.29 is 14.6 Å². The fourth-order valence-corrected chi connectivity index (χ4v) is 1.25. The molecule has 0 radical (unpaired) electrons. The van der Waals surface area contributed by atoms with Crippen LogP contribution in [0.4, 0.5) is 0 Å². The lowest BCUT2D eigenvalue weighted by molar-refractivity contribution is -0.127. The number of amides is 1. The second-order valence-corrected chi connectivity index (χ2v) is 3.60. The molecular weight excluding hydrogens is 218 g/mol. The van der Waals surface area contributed by atoms with Gasteiger partial charge in [0.15, 0.2) is 6.10 Å². The van der Waals surface area contributed by atoms with Crippen LogP contribution in [0.1, 0.15) is 12.5 Å². The first-order chi connectivity index (χ1) is 8.17. The van der Waals surface area contributed by atoms with Gasteiger partial charge in [0.25, 0.3) is 5.91 Å². The smallest absolute Gasteiger partial charge is 0.261 e. The molecule has 1 rings (SSSR count). The Morgan fingerprint density at radius 3 is 2.71 bits per heavy atom. The van der Waals surface area contributed by atoms with Gasteiger partial charge in [-0.1, -0.05) is 18.2 Å². The van der Waals surface area contributed by atoms with Gasteiger partial charge in [-0.25, -0.2) is 0 Å². The first-order valence-corrected chi connectivity index (χ1v) is 5.42. The van der Waals surface area contributed by atoms with E-state index in [1.54, 1.807) is 37.3 Å². The highest BCUT2D eigenvalue weighted by atomic mass is 16.5. The molecule has 0 aromatic heterocycles. The van der Waals surface area contributed by atoms with Crippen molar-refractivity contribution in [2.24, 2.45) is 0 Å². The van der Waals surface area contributed by atoms with Gasteiger partial charge in [-0.15, -0.1) is 6.58 Å². The molecule has 1 unspecified atom stereocenters. The minimum absolute atomic E-state index is 0.00431. The SMILES string of the molecule is C=CCNC(=O)C(C)Oc1ccc(CO)cc1. The Bertz CT molecular complexity index is 373. The number of nitrogens with one attached hydrogen (secondary N) is 1. The van der Waals surface area contributed by atoms with E-state index in [4.69, 9.17) is 9.84 Å². The molecule has 0 aliphatic rings. The molecule has 4 heteroatoms. The average Bonchev–Trinajstić information content (AvgIpc) is 2.36. The lowest BCUT2D eigenvalue weighted by Crippen LogP contribution is -2.36. The molecule has 0 heterocycles. The van der Waals surface area contributed by atoms with Crippen molar-refractivity contribution in [3.8, 4) is 5.75 Å². The van der Waals surface area contributed by atoms with Crippen LogP contribution in [0.2, 0.25) is 0 Å². The largest absolute Gasteiger partial charge is 0.481 e. The summed E-state index contributed by atoms with van der Waals surface area (Å²) in [5, 5.41) is 11.5. The number of aliphatic hydroxyl groups excluding tert-OH is 1. The zero-order valence-corrected chi connectivity index (χ0v) is 9.85. The standard InChI is InChI=1S/C13H17NO3/c1-3-8-14-13(16)10(2)17-12-6-4-11(9-15)5-7-12/h3-7,10,15H,1,8-9H2,2H3,(H,14,16). The zero-order valence-electron chi connectivity index (χ0n) is 9.85. The van der Waals surface area contributed by atoms with E-state index in [-0.39, 0.29) is 12.5 Å². The first-order valence-electron chi connectivity index (χ1n) is 5.42. The van der Waals surface area contributed by atoms with Crippen LogP contribution >= 0.6 is 0 Å². The van der Waals surface area contributed by atoms with Gasteiger partial charge in [0, 0.05) is 6.54 Å². The summed E-state index contributed by atoms with van der Waals surface area (Å²) >= 11 is 0. The number of hydrogen-bond donors (Lipinski definition) is 2. The minimum Gasteiger partial charge on any atom is -0.481 e. The van der Waals surface area contributed by atoms with Gasteiger partial charge in [-0.05, 0) is 24.6 Å². The molecule has 1 aromatic rings. The molecule has 4 nitrogen and oxygen atoms in total. The van der Waals surface area contributed by atoms with Gasteiger partial charge in [0.05, 0.1) is 6.61 Å². The van der Waals surface area contributed by atoms with E-state index in [0.717, 1.165) is 5.56 Å². The van der Waals surface area contributed by atoms with Crippen molar-refractivity contribution in [3.63, 3.8) is 0 Å². The summed E-state index contributed by atoms with van der Waals surface area (Å²) in [4.78, 5) is 11.5. The fourth-order valence-electron chi connectivity index (χ4n) is 1.25. The van der Waals surface area contributed by atoms with Crippen molar-refractivity contribution >= 4 is 5.91 Å². The van der Waals surface area contributed by atoms with E-state index in [9.17, 15) is 4.79 Å². The molecule has 0 saturated heterocycles. The van der Waals surface area contributed by atoms with Crippen molar-refractivity contribution in [1.29, 1.82) is 0 Å². The van der Waals surface area contributed by atoms with Gasteiger partial charge in [-0.2, -0.15) is 0 Å². The van der Waals surface area contributed by atoms with Gasteiger partial charge in [0.1, 0.15) is 5.75 Å². The molecule has 1 aromatic carbocycles.